The van der Waals surface area contributed by atoms with Crippen LogP contribution in [0.2, 0.25) is 0 Å². The molecule has 2 aromatic rings. The Morgan fingerprint density at radius 1 is 1.30 bits per heavy atom. The van der Waals surface area contributed by atoms with Crippen molar-refractivity contribution in [2.75, 3.05) is 13.6 Å². The van der Waals surface area contributed by atoms with E-state index in [1.165, 1.54) is 23.5 Å². The fourth-order valence-corrected chi connectivity index (χ4v) is 2.52. The molecule has 8 heteroatoms. The Bertz CT molecular complexity index is 607. The van der Waals surface area contributed by atoms with Gasteiger partial charge in [0.1, 0.15) is 11.5 Å². The first-order valence-corrected chi connectivity index (χ1v) is 7.60. The molecular formula is C15H20Cl2FN3OS. The van der Waals surface area contributed by atoms with Crippen LogP contribution < -0.4 is 10.6 Å². The lowest BCUT2D eigenvalue weighted by atomic mass is 10.1. The normalized spacial score (nSPS) is 11.1. The van der Waals surface area contributed by atoms with Crippen LogP contribution in [0.3, 0.4) is 0 Å². The van der Waals surface area contributed by atoms with Crippen LogP contribution in [0.25, 0.3) is 0 Å². The molecule has 1 atom stereocenters. The number of thiazole rings is 1. The molecule has 0 aliphatic rings. The summed E-state index contributed by atoms with van der Waals surface area (Å²) in [7, 11) is 1.85. The molecule has 0 radical (unpaired) electrons. The lowest BCUT2D eigenvalue weighted by molar-refractivity contribution is 0.0946. The van der Waals surface area contributed by atoms with Gasteiger partial charge in [0, 0.05) is 24.4 Å². The molecule has 0 saturated heterocycles. The Labute approximate surface area is 151 Å². The highest BCUT2D eigenvalue weighted by molar-refractivity contribution is 7.09. The van der Waals surface area contributed by atoms with E-state index in [1.807, 2.05) is 14.0 Å². The van der Waals surface area contributed by atoms with E-state index in [9.17, 15) is 9.18 Å². The van der Waals surface area contributed by atoms with Gasteiger partial charge in [-0.15, -0.1) is 36.2 Å². The van der Waals surface area contributed by atoms with E-state index < -0.39 is 0 Å². The van der Waals surface area contributed by atoms with Gasteiger partial charge in [-0.1, -0.05) is 12.1 Å². The Hall–Kier alpha value is -1.21. The Morgan fingerprint density at radius 3 is 2.57 bits per heavy atom. The van der Waals surface area contributed by atoms with E-state index >= 15 is 0 Å². The second-order valence-electron chi connectivity index (χ2n) is 4.83. The van der Waals surface area contributed by atoms with Gasteiger partial charge in [0.2, 0.25) is 0 Å². The molecule has 1 aromatic heterocycles. The Kier molecular flexibility index (Phi) is 9.99. The van der Waals surface area contributed by atoms with Crippen LogP contribution in [0.4, 0.5) is 4.39 Å². The third-order valence-corrected chi connectivity index (χ3v) is 3.96. The summed E-state index contributed by atoms with van der Waals surface area (Å²) in [5.41, 5.74) is 1.40. The van der Waals surface area contributed by atoms with Crippen molar-refractivity contribution in [2.24, 2.45) is 0 Å². The predicted molar refractivity (Wildman–Crippen MR) is 96.7 cm³/mol. The molecule has 23 heavy (non-hydrogen) atoms. The topological polar surface area (TPSA) is 54.0 Å². The van der Waals surface area contributed by atoms with Crippen molar-refractivity contribution in [3.05, 3.63) is 51.7 Å². The lowest BCUT2D eigenvalue weighted by Gasteiger charge is -2.10. The Balaban J connectivity index is 0.00000242. The molecule has 0 spiro atoms. The second-order valence-corrected chi connectivity index (χ2v) is 5.77. The number of benzene rings is 1. The van der Waals surface area contributed by atoms with Crippen LogP contribution in [0.15, 0.2) is 29.6 Å². The molecule has 2 rings (SSSR count). The maximum atomic E-state index is 12.8. The Morgan fingerprint density at radius 2 is 1.96 bits per heavy atom. The van der Waals surface area contributed by atoms with Crippen LogP contribution in [0.5, 0.6) is 0 Å². The van der Waals surface area contributed by atoms with Gasteiger partial charge in [0.25, 0.3) is 5.91 Å². The number of halogens is 3. The molecule has 1 heterocycles. The third-order valence-electron chi connectivity index (χ3n) is 3.11. The second kappa shape index (κ2) is 10.5. The predicted octanol–water partition coefficient (Wildman–Crippen LogP) is 3.05. The summed E-state index contributed by atoms with van der Waals surface area (Å²) in [6, 6.07) is 6.52. The summed E-state index contributed by atoms with van der Waals surface area (Å²) in [5.74, 6) is -0.421. The van der Waals surface area contributed by atoms with Crippen LogP contribution in [-0.4, -0.2) is 30.5 Å². The lowest BCUT2D eigenvalue weighted by Crippen LogP contribution is -2.37. The minimum absolute atomic E-state index is 0. The van der Waals surface area contributed by atoms with Gasteiger partial charge in [0.15, 0.2) is 0 Å². The summed E-state index contributed by atoms with van der Waals surface area (Å²) in [6.07, 6.45) is 0.602. The molecule has 2 N–H and O–H groups in total. The van der Waals surface area contributed by atoms with E-state index in [-0.39, 0.29) is 42.6 Å². The largest absolute Gasteiger partial charge is 0.349 e. The molecule has 4 nitrogen and oxygen atoms in total. The number of carbonyl (C=O) groups excluding carboxylic acids is 1. The summed E-state index contributed by atoms with van der Waals surface area (Å²) >= 11 is 1.44. The fourth-order valence-electron chi connectivity index (χ4n) is 1.71. The molecule has 1 aromatic carbocycles. The van der Waals surface area contributed by atoms with Gasteiger partial charge in [-0.2, -0.15) is 0 Å². The first kappa shape index (κ1) is 21.8. The summed E-state index contributed by atoms with van der Waals surface area (Å²) in [4.78, 5) is 16.3. The quantitative estimate of drug-likeness (QED) is 0.810. The van der Waals surface area contributed by atoms with Gasteiger partial charge in [-0.25, -0.2) is 9.37 Å². The van der Waals surface area contributed by atoms with Gasteiger partial charge in [0.05, 0.1) is 5.01 Å². The number of hydrogen-bond donors (Lipinski definition) is 2. The first-order chi connectivity index (χ1) is 10.1. The van der Waals surface area contributed by atoms with Crippen LogP contribution >= 0.6 is 36.2 Å². The van der Waals surface area contributed by atoms with Gasteiger partial charge >= 0.3 is 0 Å². The SMILES string of the molecule is CNC(C)CNC(=O)c1csc(Cc2ccc(F)cc2)n1.Cl.Cl. The number of nitrogens with zero attached hydrogens (tertiary/aromatic N) is 1. The summed E-state index contributed by atoms with van der Waals surface area (Å²) in [5, 5.41) is 8.47. The number of amides is 1. The van der Waals surface area contributed by atoms with Gasteiger partial charge < -0.3 is 10.6 Å². The highest BCUT2D eigenvalue weighted by atomic mass is 35.5. The van der Waals surface area contributed by atoms with E-state index in [2.05, 4.69) is 15.6 Å². The molecule has 0 fully saturated rings. The van der Waals surface area contributed by atoms with Crippen molar-refractivity contribution in [1.29, 1.82) is 0 Å². The van der Waals surface area contributed by atoms with Gasteiger partial charge in [-0.05, 0) is 31.7 Å². The van der Waals surface area contributed by atoms with Crippen LogP contribution in [0.1, 0.15) is 28.0 Å². The summed E-state index contributed by atoms with van der Waals surface area (Å²) < 4.78 is 12.8. The minimum Gasteiger partial charge on any atom is -0.349 e. The van der Waals surface area contributed by atoms with Crippen molar-refractivity contribution in [3.63, 3.8) is 0 Å². The minimum atomic E-state index is -0.253. The monoisotopic (exact) mass is 379 g/mol. The average Bonchev–Trinajstić information content (AvgIpc) is 2.95. The number of rotatable bonds is 6. The zero-order valence-electron chi connectivity index (χ0n) is 12.8. The van der Waals surface area contributed by atoms with Crippen LogP contribution in [-0.2, 0) is 6.42 Å². The molecule has 0 aliphatic heterocycles. The van der Waals surface area contributed by atoms with E-state index in [4.69, 9.17) is 0 Å². The highest BCUT2D eigenvalue weighted by Gasteiger charge is 2.11. The van der Waals surface area contributed by atoms with E-state index in [1.54, 1.807) is 17.5 Å². The number of hydrogen-bond acceptors (Lipinski definition) is 4. The van der Waals surface area contributed by atoms with Crippen LogP contribution in [0, 0.1) is 5.82 Å². The van der Waals surface area contributed by atoms with E-state index in [0.717, 1.165) is 10.6 Å². The fraction of sp³-hybridized carbons (Fsp3) is 0.333. The molecule has 0 bridgehead atoms. The standard InChI is InChI=1S/C15H18FN3OS.2ClH/c1-10(17-2)8-18-15(20)13-9-21-14(19-13)7-11-3-5-12(16)6-4-11;;/h3-6,9-10,17H,7-8H2,1-2H3,(H,18,20);2*1H. The summed E-state index contributed by atoms with van der Waals surface area (Å²) in [6.45, 7) is 2.54. The number of likely N-dealkylation sites (N-methyl/N-ethyl adjacent to an activating group) is 1. The molecule has 128 valence electrons. The molecule has 0 aliphatic carbocycles. The molecule has 0 saturated carbocycles. The van der Waals surface area contributed by atoms with Crippen molar-refractivity contribution in [2.45, 2.75) is 19.4 Å². The van der Waals surface area contributed by atoms with Crippen molar-refractivity contribution in [1.82, 2.24) is 15.6 Å². The molecule has 1 amide bonds. The molecule has 1 unspecified atom stereocenters. The van der Waals surface area contributed by atoms with Crippen molar-refractivity contribution >= 4 is 42.1 Å². The van der Waals surface area contributed by atoms with Gasteiger partial charge in [-0.3, -0.25) is 4.79 Å². The third kappa shape index (κ3) is 6.83. The maximum absolute atomic E-state index is 12.8. The molecular weight excluding hydrogens is 360 g/mol. The zero-order valence-corrected chi connectivity index (χ0v) is 15.3. The van der Waals surface area contributed by atoms with Crippen molar-refractivity contribution < 1.29 is 9.18 Å². The maximum Gasteiger partial charge on any atom is 0.270 e. The van der Waals surface area contributed by atoms with E-state index in [0.29, 0.717) is 18.7 Å². The zero-order chi connectivity index (χ0) is 15.2. The smallest absolute Gasteiger partial charge is 0.270 e. The average molecular weight is 380 g/mol. The number of nitrogens with one attached hydrogen (secondary N) is 2. The number of carbonyl (C=O) groups is 1. The number of aromatic nitrogens is 1. The van der Waals surface area contributed by atoms with Crippen molar-refractivity contribution in [3.8, 4) is 0 Å². The first-order valence-electron chi connectivity index (χ1n) is 6.73. The highest BCUT2D eigenvalue weighted by Crippen LogP contribution is 2.15.